The molecule has 0 unspecified atom stereocenters. The number of sulfonamides is 1. The van der Waals surface area contributed by atoms with Gasteiger partial charge >= 0.3 is 11.9 Å². The Morgan fingerprint density at radius 2 is 1.83 bits per heavy atom. The molecule has 2 aromatic rings. The molecule has 0 spiro atoms. The summed E-state index contributed by atoms with van der Waals surface area (Å²) in [6.45, 7) is 4.23. The van der Waals surface area contributed by atoms with E-state index >= 15 is 0 Å². The highest BCUT2D eigenvalue weighted by atomic mass is 35.5. The number of nitrogens with zero attached hydrogens (tertiary/aromatic N) is 3. The van der Waals surface area contributed by atoms with E-state index in [9.17, 15) is 28.1 Å². The topological polar surface area (TPSA) is 156 Å². The predicted octanol–water partition coefficient (Wildman–Crippen LogP) is 3.95. The predicted molar refractivity (Wildman–Crippen MR) is 154 cm³/mol. The van der Waals surface area contributed by atoms with E-state index in [1.165, 1.54) is 24.3 Å². The number of esters is 2. The first-order valence-corrected chi connectivity index (χ1v) is 16.0. The van der Waals surface area contributed by atoms with Crippen molar-refractivity contribution in [2.75, 3.05) is 37.0 Å². The molecule has 41 heavy (non-hydrogen) atoms. The second-order valence-corrected chi connectivity index (χ2v) is 12.4. The van der Waals surface area contributed by atoms with Gasteiger partial charge in [-0.25, -0.2) is 18.2 Å². The van der Waals surface area contributed by atoms with Gasteiger partial charge in [-0.05, 0) is 50.5 Å². The second-order valence-electron chi connectivity index (χ2n) is 8.86. The number of hydrogen-bond acceptors (Lipinski definition) is 11. The summed E-state index contributed by atoms with van der Waals surface area (Å²) < 4.78 is 37.4. The molecule has 1 N–H and O–H groups in total. The second kappa shape index (κ2) is 14.7. The zero-order valence-corrected chi connectivity index (χ0v) is 25.5. The van der Waals surface area contributed by atoms with Gasteiger partial charge in [0, 0.05) is 29.1 Å². The van der Waals surface area contributed by atoms with E-state index in [-0.39, 0.29) is 46.0 Å². The van der Waals surface area contributed by atoms with Crippen LogP contribution in [0.25, 0.3) is 0 Å². The van der Waals surface area contributed by atoms with Crippen LogP contribution in [0.3, 0.4) is 0 Å². The number of aromatic nitrogens is 1. The number of benzene rings is 1. The smallest absolute Gasteiger partial charge is 0.340 e. The number of nitriles is 1. The molecular formula is C26H28Cl2N4O7S2. The van der Waals surface area contributed by atoms with Gasteiger partial charge in [0.1, 0.15) is 16.9 Å². The first-order chi connectivity index (χ1) is 19.5. The van der Waals surface area contributed by atoms with Gasteiger partial charge in [-0.1, -0.05) is 41.0 Å². The van der Waals surface area contributed by atoms with Crippen LogP contribution in [0.15, 0.2) is 29.3 Å². The molecule has 15 heteroatoms. The number of pyridine rings is 1. The standard InChI is InChI=1S/C26H28Cl2N4O7S2/c1-3-38-22(33)14-40-25-20(26(35)39-4-2)11-18(13-29)23(30-25)32-9-7-16(8-10-32)24(34)31-41(36,37)15-17-5-6-19(27)12-21(17)28/h5-6,11-12,16H,3-4,7-10,14-15H2,1-2H3,(H,31,34). The Bertz CT molecular complexity index is 1460. The van der Waals surface area contributed by atoms with Gasteiger partial charge in [-0.15, -0.1) is 0 Å². The first kappa shape index (κ1) is 32.5. The van der Waals surface area contributed by atoms with Gasteiger partial charge in [-0.3, -0.25) is 14.3 Å². The van der Waals surface area contributed by atoms with Gasteiger partial charge < -0.3 is 14.4 Å². The van der Waals surface area contributed by atoms with Crippen LogP contribution in [0, 0.1) is 17.2 Å². The molecule has 1 fully saturated rings. The van der Waals surface area contributed by atoms with Crippen molar-refractivity contribution in [3.05, 3.63) is 51.0 Å². The summed E-state index contributed by atoms with van der Waals surface area (Å²) in [5, 5.41) is 10.5. The number of hydrogen-bond donors (Lipinski definition) is 1. The fourth-order valence-corrected chi connectivity index (χ4v) is 6.62. The summed E-state index contributed by atoms with van der Waals surface area (Å²) >= 11 is 12.9. The fourth-order valence-electron chi connectivity index (χ4n) is 4.08. The molecular weight excluding hydrogens is 615 g/mol. The SMILES string of the molecule is CCOC(=O)CSc1nc(N2CCC(C(=O)NS(=O)(=O)Cc3ccc(Cl)cc3Cl)CC2)c(C#N)cc1C(=O)OCC. The van der Waals surface area contributed by atoms with Crippen LogP contribution in [0.1, 0.15) is 48.2 Å². The van der Waals surface area contributed by atoms with Crippen LogP contribution in [-0.4, -0.2) is 63.3 Å². The van der Waals surface area contributed by atoms with Gasteiger partial charge in [0.25, 0.3) is 0 Å². The largest absolute Gasteiger partial charge is 0.465 e. The molecule has 0 radical (unpaired) electrons. The number of carbonyl (C=O) groups is 3. The van der Waals surface area contributed by atoms with E-state index < -0.39 is 39.5 Å². The third kappa shape index (κ3) is 8.97. The van der Waals surface area contributed by atoms with Crippen LogP contribution in [0.5, 0.6) is 0 Å². The van der Waals surface area contributed by atoms with E-state index in [1.807, 2.05) is 6.07 Å². The molecule has 1 aliphatic rings. The first-order valence-electron chi connectivity index (χ1n) is 12.6. The highest BCUT2D eigenvalue weighted by Crippen LogP contribution is 2.31. The number of anilines is 1. The molecule has 220 valence electrons. The van der Waals surface area contributed by atoms with E-state index in [1.54, 1.807) is 18.7 Å². The highest BCUT2D eigenvalue weighted by Gasteiger charge is 2.30. The van der Waals surface area contributed by atoms with Crippen molar-refractivity contribution in [1.29, 1.82) is 5.26 Å². The Morgan fingerprint density at radius 1 is 1.15 bits per heavy atom. The van der Waals surface area contributed by atoms with Gasteiger partial charge in [0.2, 0.25) is 15.9 Å². The van der Waals surface area contributed by atoms with E-state index in [0.717, 1.165) is 11.8 Å². The van der Waals surface area contributed by atoms with Crippen molar-refractivity contribution in [2.24, 2.45) is 5.92 Å². The number of piperidine rings is 1. The Hall–Kier alpha value is -3.05. The lowest BCUT2D eigenvalue weighted by atomic mass is 9.96. The van der Waals surface area contributed by atoms with Crippen molar-refractivity contribution in [3.63, 3.8) is 0 Å². The number of amides is 1. The summed E-state index contributed by atoms with van der Waals surface area (Å²) in [5.41, 5.74) is 0.491. The minimum absolute atomic E-state index is 0.0571. The Balaban J connectivity index is 1.73. The summed E-state index contributed by atoms with van der Waals surface area (Å²) in [6.07, 6.45) is 0.584. The number of ether oxygens (including phenoxy) is 2. The molecule has 0 atom stereocenters. The van der Waals surface area contributed by atoms with Crippen LogP contribution >= 0.6 is 35.0 Å². The average molecular weight is 644 g/mol. The van der Waals surface area contributed by atoms with Crippen molar-refractivity contribution >= 4 is 68.7 Å². The normalized spacial score (nSPS) is 13.8. The van der Waals surface area contributed by atoms with Crippen molar-refractivity contribution in [2.45, 2.75) is 37.5 Å². The average Bonchev–Trinajstić information content (AvgIpc) is 2.93. The van der Waals surface area contributed by atoms with Gasteiger partial charge in [-0.2, -0.15) is 5.26 Å². The Kier molecular flexibility index (Phi) is 11.7. The highest BCUT2D eigenvalue weighted by molar-refractivity contribution is 8.00. The number of nitrogens with one attached hydrogen (secondary N) is 1. The fraction of sp³-hybridized carbons (Fsp3) is 0.423. The molecule has 11 nitrogen and oxygen atoms in total. The quantitative estimate of drug-likeness (QED) is 0.279. The molecule has 1 aromatic heterocycles. The molecule has 1 aromatic carbocycles. The molecule has 1 amide bonds. The van der Waals surface area contributed by atoms with Gasteiger partial charge in [0.05, 0.1) is 35.8 Å². The molecule has 1 aliphatic heterocycles. The van der Waals surface area contributed by atoms with Crippen LogP contribution in [0.4, 0.5) is 5.82 Å². The van der Waals surface area contributed by atoms with Crippen LogP contribution in [0.2, 0.25) is 10.0 Å². The van der Waals surface area contributed by atoms with Gasteiger partial charge in [0.15, 0.2) is 0 Å². The van der Waals surface area contributed by atoms with E-state index in [4.69, 9.17) is 32.7 Å². The van der Waals surface area contributed by atoms with Crippen molar-refractivity contribution in [1.82, 2.24) is 9.71 Å². The Labute approximate surface area is 252 Å². The minimum Gasteiger partial charge on any atom is -0.465 e. The Morgan fingerprint density at radius 3 is 2.44 bits per heavy atom. The molecule has 0 saturated carbocycles. The maximum Gasteiger partial charge on any atom is 0.340 e. The monoisotopic (exact) mass is 642 g/mol. The summed E-state index contributed by atoms with van der Waals surface area (Å²) in [7, 11) is -4.02. The van der Waals surface area contributed by atoms with Crippen LogP contribution in [-0.2, 0) is 34.8 Å². The van der Waals surface area contributed by atoms with E-state index in [2.05, 4.69) is 9.71 Å². The lowest BCUT2D eigenvalue weighted by Crippen LogP contribution is -2.43. The zero-order valence-electron chi connectivity index (χ0n) is 22.3. The summed E-state index contributed by atoms with van der Waals surface area (Å²) in [4.78, 5) is 43.6. The van der Waals surface area contributed by atoms with Crippen molar-refractivity contribution < 1.29 is 32.3 Å². The third-order valence-electron chi connectivity index (χ3n) is 6.00. The zero-order chi connectivity index (χ0) is 30.2. The number of thioether (sulfide) groups is 1. The maximum atomic E-state index is 12.8. The van der Waals surface area contributed by atoms with Crippen LogP contribution < -0.4 is 9.62 Å². The minimum atomic E-state index is -4.02. The summed E-state index contributed by atoms with van der Waals surface area (Å²) in [6, 6.07) is 7.85. The molecule has 0 bridgehead atoms. The lowest BCUT2D eigenvalue weighted by Gasteiger charge is -2.32. The molecule has 2 heterocycles. The maximum absolute atomic E-state index is 12.8. The molecule has 0 aliphatic carbocycles. The number of rotatable bonds is 11. The number of carbonyl (C=O) groups excluding carboxylic acids is 3. The van der Waals surface area contributed by atoms with E-state index in [0.29, 0.717) is 36.5 Å². The third-order valence-corrected chi connectivity index (χ3v) is 8.75. The van der Waals surface area contributed by atoms with Crippen molar-refractivity contribution in [3.8, 4) is 6.07 Å². The summed E-state index contributed by atoms with van der Waals surface area (Å²) in [5.74, 6) is -2.68. The molecule has 1 saturated heterocycles. The molecule has 3 rings (SSSR count). The number of halogens is 2. The lowest BCUT2D eigenvalue weighted by molar-refractivity contribution is -0.139.